The molecule has 1 aliphatic rings. The zero-order valence-corrected chi connectivity index (χ0v) is 14.2. The summed E-state index contributed by atoms with van der Waals surface area (Å²) in [6.45, 7) is 2.64. The maximum Gasteiger partial charge on any atom is 0.253 e. The summed E-state index contributed by atoms with van der Waals surface area (Å²) in [5.74, 6) is -0.201. The first-order valence-electron chi connectivity index (χ1n) is 8.48. The van der Waals surface area contributed by atoms with Crippen LogP contribution in [-0.2, 0) is 16.0 Å². The quantitative estimate of drug-likeness (QED) is 0.736. The minimum Gasteiger partial charge on any atom is -0.376 e. The highest BCUT2D eigenvalue weighted by atomic mass is 16.6. The van der Waals surface area contributed by atoms with Crippen molar-refractivity contribution in [2.24, 2.45) is 0 Å². The fourth-order valence-corrected chi connectivity index (χ4v) is 2.82. The van der Waals surface area contributed by atoms with Crippen molar-refractivity contribution >= 4 is 17.1 Å². The lowest BCUT2D eigenvalue weighted by atomic mass is 10.2. The van der Waals surface area contributed by atoms with Gasteiger partial charge in [-0.3, -0.25) is 9.78 Å². The van der Waals surface area contributed by atoms with E-state index in [9.17, 15) is 4.79 Å². The van der Waals surface area contributed by atoms with Gasteiger partial charge >= 0.3 is 0 Å². The Morgan fingerprint density at radius 2 is 2.23 bits per heavy atom. The third-order valence-electron chi connectivity index (χ3n) is 4.15. The van der Waals surface area contributed by atoms with Gasteiger partial charge in [0.15, 0.2) is 5.65 Å². The van der Waals surface area contributed by atoms with Crippen molar-refractivity contribution in [1.82, 2.24) is 24.8 Å². The molecule has 1 fully saturated rings. The van der Waals surface area contributed by atoms with E-state index in [1.807, 2.05) is 22.8 Å². The summed E-state index contributed by atoms with van der Waals surface area (Å²) in [5.41, 5.74) is 2.78. The monoisotopic (exact) mass is 353 g/mol. The number of carbonyl (C=O) groups is 1. The largest absolute Gasteiger partial charge is 0.376 e. The topological polar surface area (TPSA) is 91.2 Å². The maximum atomic E-state index is 12.3. The average molecular weight is 353 g/mol. The number of pyridine rings is 2. The molecule has 0 aromatic carbocycles. The van der Waals surface area contributed by atoms with Gasteiger partial charge in [0.2, 0.25) is 0 Å². The van der Waals surface area contributed by atoms with Gasteiger partial charge in [-0.2, -0.15) is 0 Å². The molecule has 0 spiro atoms. The number of amides is 1. The number of nitrogens with one attached hydrogen (secondary N) is 1. The highest BCUT2D eigenvalue weighted by molar-refractivity contribution is 5.96. The Morgan fingerprint density at radius 3 is 3.04 bits per heavy atom. The molecule has 0 radical (unpaired) electrons. The lowest BCUT2D eigenvalue weighted by Gasteiger charge is -2.23. The highest BCUT2D eigenvalue weighted by Gasteiger charge is 2.16. The van der Waals surface area contributed by atoms with Crippen molar-refractivity contribution in [2.45, 2.75) is 12.6 Å². The van der Waals surface area contributed by atoms with Crippen LogP contribution in [0.3, 0.4) is 0 Å². The van der Waals surface area contributed by atoms with Gasteiger partial charge in [-0.05, 0) is 18.2 Å². The Morgan fingerprint density at radius 1 is 1.27 bits per heavy atom. The van der Waals surface area contributed by atoms with E-state index in [4.69, 9.17) is 9.47 Å². The molecule has 3 aromatic heterocycles. The van der Waals surface area contributed by atoms with Gasteiger partial charge in [0, 0.05) is 18.9 Å². The number of hydrogen-bond donors (Lipinski definition) is 1. The minimum absolute atomic E-state index is 0.109. The van der Waals surface area contributed by atoms with E-state index < -0.39 is 0 Å². The van der Waals surface area contributed by atoms with Crippen LogP contribution in [0, 0.1) is 0 Å². The second-order valence-corrected chi connectivity index (χ2v) is 6.04. The van der Waals surface area contributed by atoms with Crippen LogP contribution in [0.2, 0.25) is 0 Å². The van der Waals surface area contributed by atoms with Gasteiger partial charge in [-0.25, -0.2) is 9.97 Å². The Kier molecular flexibility index (Phi) is 4.85. The average Bonchev–Trinajstić information content (AvgIpc) is 3.10. The number of rotatable bonds is 5. The van der Waals surface area contributed by atoms with Crippen molar-refractivity contribution in [3.8, 4) is 0 Å². The Balaban J connectivity index is 1.45. The van der Waals surface area contributed by atoms with Crippen molar-refractivity contribution in [2.75, 3.05) is 26.4 Å². The van der Waals surface area contributed by atoms with Gasteiger partial charge in [0.1, 0.15) is 5.52 Å². The van der Waals surface area contributed by atoms with Gasteiger partial charge in [0.25, 0.3) is 5.91 Å². The van der Waals surface area contributed by atoms with Crippen LogP contribution < -0.4 is 5.32 Å². The highest BCUT2D eigenvalue weighted by Crippen LogP contribution is 2.13. The van der Waals surface area contributed by atoms with Crippen LogP contribution in [0.25, 0.3) is 11.2 Å². The normalized spacial score (nSPS) is 17.3. The Labute approximate surface area is 150 Å². The number of ether oxygens (including phenoxy) is 2. The molecule has 8 nitrogen and oxygen atoms in total. The van der Waals surface area contributed by atoms with Crippen molar-refractivity contribution in [3.05, 3.63) is 54.2 Å². The van der Waals surface area contributed by atoms with E-state index in [1.165, 1.54) is 0 Å². The number of aromatic nitrogens is 4. The Hall–Kier alpha value is -2.84. The van der Waals surface area contributed by atoms with Gasteiger partial charge < -0.3 is 19.4 Å². The molecule has 1 atom stereocenters. The second-order valence-electron chi connectivity index (χ2n) is 6.04. The predicted octanol–water partition coefficient (Wildman–Crippen LogP) is 1.02. The molecule has 4 heterocycles. The summed E-state index contributed by atoms with van der Waals surface area (Å²) in [7, 11) is 0. The van der Waals surface area contributed by atoms with Crippen LogP contribution >= 0.6 is 0 Å². The minimum atomic E-state index is -0.201. The molecule has 0 saturated carbocycles. The van der Waals surface area contributed by atoms with E-state index in [-0.39, 0.29) is 12.0 Å². The van der Waals surface area contributed by atoms with Crippen LogP contribution in [0.4, 0.5) is 0 Å². The summed E-state index contributed by atoms with van der Waals surface area (Å²) in [6, 6.07) is 7.51. The molecular formula is C18H19N5O3. The third kappa shape index (κ3) is 3.71. The number of nitrogens with zero attached hydrogens (tertiary/aromatic N) is 4. The SMILES string of the molecule is O=C(NCC1COCCO1)c1cnc2c(c1)ncn2Cc1ccccn1. The molecular weight excluding hydrogens is 334 g/mol. The Bertz CT molecular complexity index is 890. The number of hydrogen-bond acceptors (Lipinski definition) is 6. The molecule has 0 aliphatic carbocycles. The first-order chi connectivity index (χ1) is 12.8. The molecule has 1 amide bonds. The molecule has 1 unspecified atom stereocenters. The summed E-state index contributed by atoms with van der Waals surface area (Å²) >= 11 is 0. The van der Waals surface area contributed by atoms with Crippen LogP contribution in [-0.4, -0.2) is 57.9 Å². The first-order valence-corrected chi connectivity index (χ1v) is 8.48. The van der Waals surface area contributed by atoms with Gasteiger partial charge in [-0.15, -0.1) is 0 Å². The lowest BCUT2D eigenvalue weighted by molar-refractivity contribution is -0.0855. The summed E-state index contributed by atoms with van der Waals surface area (Å²) in [5, 5.41) is 2.85. The summed E-state index contributed by atoms with van der Waals surface area (Å²) in [6.07, 6.45) is 4.92. The molecule has 8 heteroatoms. The van der Waals surface area contributed by atoms with Crippen molar-refractivity contribution in [3.63, 3.8) is 0 Å². The number of fused-ring (bicyclic) bond motifs is 1. The smallest absolute Gasteiger partial charge is 0.253 e. The lowest BCUT2D eigenvalue weighted by Crippen LogP contribution is -2.39. The van der Waals surface area contributed by atoms with Gasteiger partial charge in [0.05, 0.1) is 50.1 Å². The predicted molar refractivity (Wildman–Crippen MR) is 93.8 cm³/mol. The van der Waals surface area contributed by atoms with E-state index in [0.717, 1.165) is 11.3 Å². The maximum absolute atomic E-state index is 12.3. The molecule has 134 valence electrons. The molecule has 3 aromatic rings. The third-order valence-corrected chi connectivity index (χ3v) is 4.15. The van der Waals surface area contributed by atoms with Crippen molar-refractivity contribution in [1.29, 1.82) is 0 Å². The second kappa shape index (κ2) is 7.59. The summed E-state index contributed by atoms with van der Waals surface area (Å²) < 4.78 is 12.7. The fraction of sp³-hybridized carbons (Fsp3) is 0.333. The summed E-state index contributed by atoms with van der Waals surface area (Å²) in [4.78, 5) is 25.4. The van der Waals surface area contributed by atoms with Crippen LogP contribution in [0.1, 0.15) is 16.1 Å². The first kappa shape index (κ1) is 16.6. The number of imidazole rings is 1. The van der Waals surface area contributed by atoms with E-state index in [0.29, 0.717) is 44.0 Å². The zero-order chi connectivity index (χ0) is 17.8. The van der Waals surface area contributed by atoms with E-state index >= 15 is 0 Å². The van der Waals surface area contributed by atoms with Crippen molar-refractivity contribution < 1.29 is 14.3 Å². The molecule has 0 bridgehead atoms. The molecule has 4 rings (SSSR count). The van der Waals surface area contributed by atoms with Gasteiger partial charge in [-0.1, -0.05) is 6.07 Å². The van der Waals surface area contributed by atoms with E-state index in [2.05, 4.69) is 20.3 Å². The molecule has 1 aliphatic heterocycles. The molecule has 1 N–H and O–H groups in total. The fourth-order valence-electron chi connectivity index (χ4n) is 2.82. The van der Waals surface area contributed by atoms with Crippen LogP contribution in [0.5, 0.6) is 0 Å². The van der Waals surface area contributed by atoms with E-state index in [1.54, 1.807) is 24.8 Å². The molecule has 26 heavy (non-hydrogen) atoms. The standard InChI is InChI=1S/C18H19N5O3/c24-18(21-9-15-11-25-5-6-26-15)13-7-16-17(20-8-13)23(12-22-16)10-14-3-1-2-4-19-14/h1-4,7-8,12,15H,5-6,9-11H2,(H,21,24). The molecule has 1 saturated heterocycles. The van der Waals surface area contributed by atoms with Crippen LogP contribution in [0.15, 0.2) is 43.0 Å². The number of carbonyl (C=O) groups excluding carboxylic acids is 1. The zero-order valence-electron chi connectivity index (χ0n) is 14.2.